The summed E-state index contributed by atoms with van der Waals surface area (Å²) in [4.78, 5) is 17.2. The smallest absolute Gasteiger partial charge is 0.223 e. The molecule has 4 nitrogen and oxygen atoms in total. The van der Waals surface area contributed by atoms with Gasteiger partial charge in [-0.05, 0) is 61.9 Å². The number of nitrogens with one attached hydrogen (secondary N) is 1. The summed E-state index contributed by atoms with van der Waals surface area (Å²) in [6.45, 7) is 5.99. The minimum absolute atomic E-state index is 0.314. The predicted octanol–water partition coefficient (Wildman–Crippen LogP) is 1.96. The zero-order valence-electron chi connectivity index (χ0n) is 14.8. The molecule has 0 aromatic heterocycles. The lowest BCUT2D eigenvalue weighted by Crippen LogP contribution is -2.47. The van der Waals surface area contributed by atoms with E-state index in [-0.39, 0.29) is 0 Å². The van der Waals surface area contributed by atoms with Gasteiger partial charge in [-0.15, -0.1) is 0 Å². The molecule has 0 saturated carbocycles. The molecule has 1 spiro atoms. The maximum Gasteiger partial charge on any atom is 0.223 e. The number of carbonyl (C=O) groups excluding carboxylic acids is 1. The van der Waals surface area contributed by atoms with E-state index in [1.54, 1.807) is 0 Å². The highest BCUT2D eigenvalue weighted by Crippen LogP contribution is 2.51. The van der Waals surface area contributed by atoms with Crippen LogP contribution >= 0.6 is 0 Å². The van der Waals surface area contributed by atoms with E-state index in [0.717, 1.165) is 45.7 Å². The summed E-state index contributed by atoms with van der Waals surface area (Å²) in [5, 5.41) is 3.50. The number of likely N-dealkylation sites (N-methyl/N-ethyl adjacent to an activating group) is 1. The summed E-state index contributed by atoms with van der Waals surface area (Å²) in [6.07, 6.45) is 4.27. The number of rotatable bonds is 2. The molecule has 0 bridgehead atoms. The summed E-state index contributed by atoms with van der Waals surface area (Å²) >= 11 is 0. The van der Waals surface area contributed by atoms with Gasteiger partial charge in [-0.1, -0.05) is 24.3 Å². The first-order valence-corrected chi connectivity index (χ1v) is 9.44. The van der Waals surface area contributed by atoms with Crippen LogP contribution in [0.2, 0.25) is 0 Å². The van der Waals surface area contributed by atoms with E-state index in [0.29, 0.717) is 23.7 Å². The van der Waals surface area contributed by atoms with Crippen molar-refractivity contribution in [2.45, 2.75) is 37.0 Å². The van der Waals surface area contributed by atoms with E-state index in [2.05, 4.69) is 46.4 Å². The Bertz CT molecular complexity index is 601. The molecule has 3 aliphatic rings. The van der Waals surface area contributed by atoms with Crippen LogP contribution in [0.25, 0.3) is 0 Å². The van der Waals surface area contributed by atoms with Crippen molar-refractivity contribution in [2.75, 3.05) is 46.3 Å². The summed E-state index contributed by atoms with van der Waals surface area (Å²) < 4.78 is 0. The van der Waals surface area contributed by atoms with Crippen molar-refractivity contribution in [1.29, 1.82) is 0 Å². The monoisotopic (exact) mass is 327 g/mol. The third kappa shape index (κ3) is 2.86. The maximum atomic E-state index is 12.8. The van der Waals surface area contributed by atoms with E-state index in [4.69, 9.17) is 0 Å². The zero-order chi connectivity index (χ0) is 16.6. The third-order valence-electron chi connectivity index (χ3n) is 6.45. The Morgan fingerprint density at radius 2 is 1.88 bits per heavy atom. The van der Waals surface area contributed by atoms with Crippen molar-refractivity contribution in [1.82, 2.24) is 15.1 Å². The molecule has 130 valence electrons. The second-order valence-electron chi connectivity index (χ2n) is 7.91. The molecule has 2 heterocycles. The fourth-order valence-corrected chi connectivity index (χ4v) is 4.98. The van der Waals surface area contributed by atoms with Gasteiger partial charge in [0.05, 0.1) is 0 Å². The zero-order valence-corrected chi connectivity index (χ0v) is 14.8. The number of nitrogens with zero attached hydrogens (tertiary/aromatic N) is 2. The largest absolute Gasteiger partial charge is 0.340 e. The molecule has 1 aromatic carbocycles. The van der Waals surface area contributed by atoms with Crippen molar-refractivity contribution in [3.8, 4) is 0 Å². The number of hydrogen-bond acceptors (Lipinski definition) is 3. The molecule has 2 fully saturated rings. The normalized spacial score (nSPS) is 26.5. The van der Waals surface area contributed by atoms with E-state index >= 15 is 0 Å². The molecule has 0 radical (unpaired) electrons. The third-order valence-corrected chi connectivity index (χ3v) is 6.45. The number of benzene rings is 1. The van der Waals surface area contributed by atoms with Crippen molar-refractivity contribution >= 4 is 5.91 Å². The van der Waals surface area contributed by atoms with Crippen LogP contribution in [-0.4, -0.2) is 62.0 Å². The van der Waals surface area contributed by atoms with E-state index in [1.807, 2.05) is 0 Å². The van der Waals surface area contributed by atoms with Gasteiger partial charge in [-0.25, -0.2) is 0 Å². The molecule has 1 amide bonds. The second kappa shape index (κ2) is 6.49. The summed E-state index contributed by atoms with van der Waals surface area (Å²) in [6, 6.07) is 8.91. The van der Waals surface area contributed by atoms with Gasteiger partial charge in [0, 0.05) is 32.6 Å². The maximum absolute atomic E-state index is 12.8. The van der Waals surface area contributed by atoms with Crippen LogP contribution in [0.4, 0.5) is 0 Å². The van der Waals surface area contributed by atoms with Crippen LogP contribution in [0.1, 0.15) is 42.7 Å². The second-order valence-corrected chi connectivity index (χ2v) is 7.91. The van der Waals surface area contributed by atoms with Gasteiger partial charge in [-0.2, -0.15) is 0 Å². The quantitative estimate of drug-likeness (QED) is 0.902. The van der Waals surface area contributed by atoms with Crippen LogP contribution in [0.15, 0.2) is 24.3 Å². The summed E-state index contributed by atoms with van der Waals surface area (Å²) in [7, 11) is 2.13. The lowest BCUT2D eigenvalue weighted by Gasteiger charge is -2.35. The number of carbonyl (C=O) groups is 1. The van der Waals surface area contributed by atoms with Gasteiger partial charge >= 0.3 is 0 Å². The van der Waals surface area contributed by atoms with Gasteiger partial charge in [0.15, 0.2) is 0 Å². The molecule has 1 aliphatic carbocycles. The van der Waals surface area contributed by atoms with Crippen LogP contribution in [0.3, 0.4) is 0 Å². The van der Waals surface area contributed by atoms with Gasteiger partial charge in [0.25, 0.3) is 0 Å². The molecule has 2 aliphatic heterocycles. The fourth-order valence-electron chi connectivity index (χ4n) is 4.98. The Labute approximate surface area is 145 Å². The Kier molecular flexibility index (Phi) is 4.35. The topological polar surface area (TPSA) is 35.6 Å². The van der Waals surface area contributed by atoms with Gasteiger partial charge in [0.1, 0.15) is 0 Å². The first kappa shape index (κ1) is 16.1. The van der Waals surface area contributed by atoms with E-state index < -0.39 is 0 Å². The number of hydrogen-bond donors (Lipinski definition) is 1. The van der Waals surface area contributed by atoms with Gasteiger partial charge < -0.3 is 15.1 Å². The number of amides is 1. The molecule has 0 unspecified atom stereocenters. The molecular formula is C20H29N3O. The lowest BCUT2D eigenvalue weighted by molar-refractivity contribution is -0.133. The van der Waals surface area contributed by atoms with Crippen LogP contribution in [-0.2, 0) is 10.2 Å². The standard InChI is InChI=1S/C20H29N3O/c1-22-10-12-23(13-11-22)19(24)14-16-15-20(6-8-21-9-7-20)18-5-3-2-4-17(16)18/h2-5,16,21H,6-15H2,1H3/t16-/m0/s1. The number of piperazine rings is 1. The predicted molar refractivity (Wildman–Crippen MR) is 96.3 cm³/mol. The van der Waals surface area contributed by atoms with E-state index in [1.165, 1.54) is 24.0 Å². The fraction of sp³-hybridized carbons (Fsp3) is 0.650. The minimum Gasteiger partial charge on any atom is -0.340 e. The molecule has 24 heavy (non-hydrogen) atoms. The SMILES string of the molecule is CN1CCN(C(=O)C[C@H]2CC3(CCNCC3)c3ccccc32)CC1. The number of piperidine rings is 1. The molecule has 4 heteroatoms. The molecular weight excluding hydrogens is 298 g/mol. The highest BCUT2D eigenvalue weighted by atomic mass is 16.2. The molecule has 4 rings (SSSR count). The van der Waals surface area contributed by atoms with Gasteiger partial charge in [0.2, 0.25) is 5.91 Å². The van der Waals surface area contributed by atoms with Crippen molar-refractivity contribution in [3.05, 3.63) is 35.4 Å². The highest BCUT2D eigenvalue weighted by Gasteiger charge is 2.44. The Hall–Kier alpha value is -1.39. The lowest BCUT2D eigenvalue weighted by atomic mass is 9.73. The average Bonchev–Trinajstić information content (AvgIpc) is 2.90. The highest BCUT2D eigenvalue weighted by molar-refractivity contribution is 5.77. The van der Waals surface area contributed by atoms with E-state index in [9.17, 15) is 4.79 Å². The summed E-state index contributed by atoms with van der Waals surface area (Å²) in [5.74, 6) is 0.764. The molecule has 1 atom stereocenters. The molecule has 1 N–H and O–H groups in total. The van der Waals surface area contributed by atoms with Crippen LogP contribution in [0.5, 0.6) is 0 Å². The number of fused-ring (bicyclic) bond motifs is 2. The van der Waals surface area contributed by atoms with Crippen molar-refractivity contribution < 1.29 is 4.79 Å². The Morgan fingerprint density at radius 1 is 1.17 bits per heavy atom. The van der Waals surface area contributed by atoms with Crippen LogP contribution < -0.4 is 5.32 Å². The Balaban J connectivity index is 1.51. The van der Waals surface area contributed by atoms with Crippen molar-refractivity contribution in [2.24, 2.45) is 0 Å². The molecule has 2 saturated heterocycles. The minimum atomic E-state index is 0.314. The summed E-state index contributed by atoms with van der Waals surface area (Å²) in [5.41, 5.74) is 3.29. The van der Waals surface area contributed by atoms with Crippen LogP contribution in [0, 0.1) is 0 Å². The van der Waals surface area contributed by atoms with Gasteiger partial charge in [-0.3, -0.25) is 4.79 Å². The molecule has 1 aromatic rings. The first-order chi connectivity index (χ1) is 11.7. The Morgan fingerprint density at radius 3 is 2.62 bits per heavy atom. The average molecular weight is 327 g/mol. The first-order valence-electron chi connectivity index (χ1n) is 9.44. The van der Waals surface area contributed by atoms with Crippen molar-refractivity contribution in [3.63, 3.8) is 0 Å².